The minimum Gasteiger partial charge on any atom is -0.351 e. The summed E-state index contributed by atoms with van der Waals surface area (Å²) in [7, 11) is 0. The van der Waals surface area contributed by atoms with Crippen molar-refractivity contribution >= 4 is 17.4 Å². The second-order valence-electron chi connectivity index (χ2n) is 4.50. The van der Waals surface area contributed by atoms with Crippen LogP contribution in [0.4, 0.5) is 15.9 Å². The Balaban J connectivity index is 2.07. The summed E-state index contributed by atoms with van der Waals surface area (Å²) in [6.45, 7) is 2.66. The number of aromatic nitrogens is 2. The number of rotatable bonds is 6. The smallest absolute Gasteiger partial charge is 0.270 e. The lowest BCUT2D eigenvalue weighted by Crippen LogP contribution is -2.25. The lowest BCUT2D eigenvalue weighted by molar-refractivity contribution is 0.0948. The third-order valence-electron chi connectivity index (χ3n) is 2.85. The molecular formula is C15H17FN4O. The highest BCUT2D eigenvalue weighted by Crippen LogP contribution is 2.17. The Kier molecular flexibility index (Phi) is 5.20. The third-order valence-corrected chi connectivity index (χ3v) is 2.85. The third kappa shape index (κ3) is 4.24. The Morgan fingerprint density at radius 2 is 2.10 bits per heavy atom. The fraction of sp³-hybridized carbons (Fsp3) is 0.267. The van der Waals surface area contributed by atoms with E-state index in [-0.39, 0.29) is 17.4 Å². The molecule has 0 fully saturated rings. The first-order chi connectivity index (χ1) is 10.2. The van der Waals surface area contributed by atoms with Gasteiger partial charge < -0.3 is 10.6 Å². The van der Waals surface area contributed by atoms with E-state index in [9.17, 15) is 9.18 Å². The molecule has 0 saturated carbocycles. The van der Waals surface area contributed by atoms with Crippen LogP contribution < -0.4 is 10.6 Å². The number of benzene rings is 1. The van der Waals surface area contributed by atoms with Crippen molar-refractivity contribution in [1.29, 1.82) is 0 Å². The zero-order valence-electron chi connectivity index (χ0n) is 11.8. The summed E-state index contributed by atoms with van der Waals surface area (Å²) in [5, 5.41) is 5.60. The number of carbonyl (C=O) groups excluding carboxylic acids is 1. The van der Waals surface area contributed by atoms with Gasteiger partial charge in [-0.2, -0.15) is 0 Å². The topological polar surface area (TPSA) is 66.9 Å². The number of nitrogens with one attached hydrogen (secondary N) is 2. The zero-order valence-corrected chi connectivity index (χ0v) is 11.8. The van der Waals surface area contributed by atoms with Crippen LogP contribution in [0.15, 0.2) is 36.7 Å². The van der Waals surface area contributed by atoms with E-state index in [0.717, 1.165) is 12.8 Å². The number of hydrogen-bond acceptors (Lipinski definition) is 4. The van der Waals surface area contributed by atoms with Gasteiger partial charge in [0.15, 0.2) is 0 Å². The molecule has 1 aromatic carbocycles. The first-order valence-corrected chi connectivity index (χ1v) is 6.82. The van der Waals surface area contributed by atoms with Gasteiger partial charge in [-0.3, -0.25) is 4.79 Å². The quantitative estimate of drug-likeness (QED) is 0.802. The van der Waals surface area contributed by atoms with Gasteiger partial charge in [0, 0.05) is 12.6 Å². The summed E-state index contributed by atoms with van der Waals surface area (Å²) in [5.74, 6) is -0.275. The monoisotopic (exact) mass is 288 g/mol. The predicted molar refractivity (Wildman–Crippen MR) is 79.0 cm³/mol. The van der Waals surface area contributed by atoms with Crippen LogP contribution in [0.1, 0.15) is 30.3 Å². The first-order valence-electron chi connectivity index (χ1n) is 6.82. The Morgan fingerprint density at radius 3 is 2.86 bits per heavy atom. The maximum atomic E-state index is 13.6. The average Bonchev–Trinajstić information content (AvgIpc) is 2.50. The molecule has 21 heavy (non-hydrogen) atoms. The van der Waals surface area contributed by atoms with E-state index in [2.05, 4.69) is 20.6 Å². The van der Waals surface area contributed by atoms with Crippen molar-refractivity contribution in [3.8, 4) is 0 Å². The van der Waals surface area contributed by atoms with E-state index < -0.39 is 0 Å². The van der Waals surface area contributed by atoms with Crippen molar-refractivity contribution in [3.63, 3.8) is 0 Å². The van der Waals surface area contributed by atoms with Crippen LogP contribution in [0.2, 0.25) is 0 Å². The van der Waals surface area contributed by atoms with E-state index in [1.165, 1.54) is 18.5 Å². The van der Waals surface area contributed by atoms with Crippen LogP contribution in [0.5, 0.6) is 0 Å². The Hall–Kier alpha value is -2.50. The summed E-state index contributed by atoms with van der Waals surface area (Å²) in [6, 6.07) is 7.76. The molecule has 110 valence electrons. The van der Waals surface area contributed by atoms with E-state index in [1.54, 1.807) is 18.2 Å². The number of para-hydroxylation sites is 1. The molecule has 0 aliphatic rings. The molecule has 2 rings (SSSR count). The van der Waals surface area contributed by atoms with E-state index in [4.69, 9.17) is 0 Å². The van der Waals surface area contributed by atoms with Crippen molar-refractivity contribution in [1.82, 2.24) is 15.3 Å². The SMILES string of the molecule is CCCCNC(=O)c1cc(Nc2ccccc2F)ncn1. The van der Waals surface area contributed by atoms with E-state index in [0.29, 0.717) is 18.1 Å². The normalized spacial score (nSPS) is 10.2. The van der Waals surface area contributed by atoms with Crippen molar-refractivity contribution < 1.29 is 9.18 Å². The summed E-state index contributed by atoms with van der Waals surface area (Å²) < 4.78 is 13.6. The molecule has 0 aliphatic heterocycles. The van der Waals surface area contributed by atoms with Gasteiger partial charge in [-0.25, -0.2) is 14.4 Å². The number of unbranched alkanes of at least 4 members (excludes halogenated alkanes) is 1. The van der Waals surface area contributed by atoms with Crippen LogP contribution in [-0.4, -0.2) is 22.4 Å². The molecule has 1 heterocycles. The fourth-order valence-corrected chi connectivity index (χ4v) is 1.72. The number of carbonyl (C=O) groups is 1. The van der Waals surface area contributed by atoms with Crippen LogP contribution in [0.3, 0.4) is 0 Å². The molecule has 5 nitrogen and oxygen atoms in total. The summed E-state index contributed by atoms with van der Waals surface area (Å²) in [5.41, 5.74) is 0.550. The van der Waals surface area contributed by atoms with Gasteiger partial charge in [-0.1, -0.05) is 25.5 Å². The highest BCUT2D eigenvalue weighted by molar-refractivity contribution is 5.92. The molecule has 2 aromatic rings. The van der Waals surface area contributed by atoms with Crippen LogP contribution >= 0.6 is 0 Å². The maximum absolute atomic E-state index is 13.6. The Bertz CT molecular complexity index is 618. The molecule has 0 spiro atoms. The van der Waals surface area contributed by atoms with E-state index >= 15 is 0 Å². The number of amides is 1. The molecule has 1 amide bonds. The van der Waals surface area contributed by atoms with E-state index in [1.807, 2.05) is 6.92 Å². The van der Waals surface area contributed by atoms with Gasteiger partial charge in [0.25, 0.3) is 5.91 Å². The van der Waals surface area contributed by atoms with Crippen molar-refractivity contribution in [3.05, 3.63) is 48.2 Å². The van der Waals surface area contributed by atoms with Gasteiger partial charge in [-0.15, -0.1) is 0 Å². The predicted octanol–water partition coefficient (Wildman–Crippen LogP) is 2.89. The average molecular weight is 288 g/mol. The van der Waals surface area contributed by atoms with Crippen LogP contribution in [-0.2, 0) is 0 Å². The zero-order chi connectivity index (χ0) is 15.1. The standard InChI is InChI=1S/C15H17FN4O/c1-2-3-8-17-15(21)13-9-14(19-10-18-13)20-12-7-5-4-6-11(12)16/h4-7,9-10H,2-3,8H2,1H3,(H,17,21)(H,18,19,20). The molecule has 0 bridgehead atoms. The fourth-order valence-electron chi connectivity index (χ4n) is 1.72. The minimum atomic E-state index is -0.384. The number of nitrogens with zero attached hydrogens (tertiary/aromatic N) is 2. The van der Waals surface area contributed by atoms with Crippen LogP contribution in [0, 0.1) is 5.82 Å². The number of halogens is 1. The van der Waals surface area contributed by atoms with Crippen molar-refractivity contribution in [2.75, 3.05) is 11.9 Å². The highest BCUT2D eigenvalue weighted by Gasteiger charge is 2.09. The minimum absolute atomic E-state index is 0.250. The second-order valence-corrected chi connectivity index (χ2v) is 4.50. The molecular weight excluding hydrogens is 271 g/mol. The molecule has 0 unspecified atom stereocenters. The number of anilines is 2. The summed E-state index contributed by atoms with van der Waals surface area (Å²) in [4.78, 5) is 19.8. The van der Waals surface area contributed by atoms with Crippen LogP contribution in [0.25, 0.3) is 0 Å². The molecule has 0 aliphatic carbocycles. The second kappa shape index (κ2) is 7.33. The molecule has 2 N–H and O–H groups in total. The molecule has 0 saturated heterocycles. The molecule has 0 atom stereocenters. The molecule has 0 radical (unpaired) electrons. The van der Waals surface area contributed by atoms with Gasteiger partial charge >= 0.3 is 0 Å². The largest absolute Gasteiger partial charge is 0.351 e. The highest BCUT2D eigenvalue weighted by atomic mass is 19.1. The first kappa shape index (κ1) is 14.9. The Morgan fingerprint density at radius 1 is 1.29 bits per heavy atom. The van der Waals surface area contributed by atoms with Gasteiger partial charge in [0.1, 0.15) is 23.7 Å². The summed E-state index contributed by atoms with van der Waals surface area (Å²) >= 11 is 0. The van der Waals surface area contributed by atoms with Gasteiger partial charge in [0.2, 0.25) is 0 Å². The number of hydrogen-bond donors (Lipinski definition) is 2. The lowest BCUT2D eigenvalue weighted by Gasteiger charge is -2.08. The van der Waals surface area contributed by atoms with Gasteiger partial charge in [-0.05, 0) is 18.6 Å². The van der Waals surface area contributed by atoms with Crippen molar-refractivity contribution in [2.45, 2.75) is 19.8 Å². The van der Waals surface area contributed by atoms with Crippen molar-refractivity contribution in [2.24, 2.45) is 0 Å². The molecule has 1 aromatic heterocycles. The van der Waals surface area contributed by atoms with Gasteiger partial charge in [0.05, 0.1) is 5.69 Å². The lowest BCUT2D eigenvalue weighted by atomic mass is 10.3. The maximum Gasteiger partial charge on any atom is 0.270 e. The molecule has 6 heteroatoms. The Labute approximate surface area is 122 Å². The summed E-state index contributed by atoms with van der Waals surface area (Å²) in [6.07, 6.45) is 3.19.